The summed E-state index contributed by atoms with van der Waals surface area (Å²) in [5.74, 6) is -0.426. The molecule has 0 radical (unpaired) electrons. The van der Waals surface area contributed by atoms with Crippen LogP contribution in [0, 0.1) is 0 Å². The van der Waals surface area contributed by atoms with Crippen LogP contribution in [0.5, 0.6) is 0 Å². The molecule has 6 heteroatoms. The number of benzene rings is 1. The zero-order valence-corrected chi connectivity index (χ0v) is 14.6. The minimum Gasteiger partial charge on any atom is -0.459 e. The number of amides is 2. The van der Waals surface area contributed by atoms with Crippen molar-refractivity contribution in [1.82, 2.24) is 10.6 Å². The molecule has 0 saturated carbocycles. The highest BCUT2D eigenvalue weighted by Crippen LogP contribution is 2.28. The second-order valence-electron chi connectivity index (χ2n) is 6.40. The molecule has 2 atom stereocenters. The molecule has 2 aliphatic heterocycles. The summed E-state index contributed by atoms with van der Waals surface area (Å²) in [6, 6.07) is 7.06. The van der Waals surface area contributed by atoms with Crippen molar-refractivity contribution in [2.24, 2.45) is 0 Å². The van der Waals surface area contributed by atoms with Crippen molar-refractivity contribution in [2.45, 2.75) is 45.3 Å². The number of urea groups is 1. The topological polar surface area (TPSA) is 76.7 Å². The Morgan fingerprint density at radius 1 is 1.32 bits per heavy atom. The van der Waals surface area contributed by atoms with Gasteiger partial charge in [0.25, 0.3) is 0 Å². The third kappa shape index (κ3) is 4.02. The maximum Gasteiger partial charge on any atom is 0.338 e. The third-order valence-corrected chi connectivity index (χ3v) is 4.63. The molecule has 2 heterocycles. The van der Waals surface area contributed by atoms with Crippen molar-refractivity contribution in [1.29, 1.82) is 0 Å². The van der Waals surface area contributed by atoms with Gasteiger partial charge in [0.1, 0.15) is 6.61 Å². The lowest BCUT2D eigenvalue weighted by Crippen LogP contribution is -2.45. The highest BCUT2D eigenvalue weighted by Gasteiger charge is 2.32. The Bertz CT molecular complexity index is 675. The molecule has 134 valence electrons. The largest absolute Gasteiger partial charge is 0.459 e. The maximum atomic E-state index is 12.7. The first kappa shape index (κ1) is 17.5. The molecule has 0 bridgehead atoms. The Kier molecular flexibility index (Phi) is 5.38. The Morgan fingerprint density at radius 2 is 2.08 bits per heavy atom. The molecule has 1 aromatic rings. The summed E-state index contributed by atoms with van der Waals surface area (Å²) in [6.45, 7) is 4.76. The van der Waals surface area contributed by atoms with Gasteiger partial charge in [-0.3, -0.25) is 0 Å². The van der Waals surface area contributed by atoms with E-state index >= 15 is 0 Å². The fraction of sp³-hybridized carbons (Fsp3) is 0.474. The van der Waals surface area contributed by atoms with Gasteiger partial charge >= 0.3 is 12.0 Å². The lowest BCUT2D eigenvalue weighted by molar-refractivity contribution is -0.142. The molecule has 1 saturated heterocycles. The zero-order valence-electron chi connectivity index (χ0n) is 14.6. The molecule has 0 unspecified atom stereocenters. The van der Waals surface area contributed by atoms with Gasteiger partial charge in [-0.15, -0.1) is 0 Å². The molecule has 1 fully saturated rings. The van der Waals surface area contributed by atoms with E-state index in [0.29, 0.717) is 17.9 Å². The van der Waals surface area contributed by atoms with E-state index in [4.69, 9.17) is 9.47 Å². The summed E-state index contributed by atoms with van der Waals surface area (Å²) in [5.41, 5.74) is 3.01. The number of hydrogen-bond acceptors (Lipinski definition) is 4. The summed E-state index contributed by atoms with van der Waals surface area (Å²) in [4.78, 5) is 24.5. The summed E-state index contributed by atoms with van der Waals surface area (Å²) < 4.78 is 10.9. The van der Waals surface area contributed by atoms with Gasteiger partial charge in [-0.25, -0.2) is 9.59 Å². The van der Waals surface area contributed by atoms with Gasteiger partial charge in [0, 0.05) is 12.3 Å². The highest BCUT2D eigenvalue weighted by atomic mass is 16.6. The van der Waals surface area contributed by atoms with Crippen LogP contribution in [0.15, 0.2) is 35.5 Å². The predicted octanol–water partition coefficient (Wildman–Crippen LogP) is 2.60. The van der Waals surface area contributed by atoms with Crippen molar-refractivity contribution in [3.63, 3.8) is 0 Å². The molecular weight excluding hydrogens is 320 g/mol. The number of ether oxygens (including phenoxy) is 2. The first-order chi connectivity index (χ1) is 12.1. The van der Waals surface area contributed by atoms with Crippen molar-refractivity contribution in [3.8, 4) is 0 Å². The zero-order chi connectivity index (χ0) is 17.8. The number of rotatable bonds is 5. The number of carbonyl (C=O) groups is 2. The van der Waals surface area contributed by atoms with E-state index in [-0.39, 0.29) is 18.7 Å². The standard InChI is InChI=1S/C19H24N2O4/c1-3-13-6-8-14(9-7-13)17-16(12(2)20-19(23)21-17)18(22)25-11-15-5-4-10-24-15/h6-9,15,17H,3-5,10-11H2,1-2H3,(H2,20,21,23)/t15-,17-/m1/s1. The number of hydrogen-bond donors (Lipinski definition) is 2. The average Bonchev–Trinajstić information content (AvgIpc) is 3.12. The van der Waals surface area contributed by atoms with E-state index < -0.39 is 12.0 Å². The fourth-order valence-electron chi connectivity index (χ4n) is 3.18. The quantitative estimate of drug-likeness (QED) is 0.805. The number of aryl methyl sites for hydroxylation is 1. The molecule has 2 amide bonds. The molecule has 0 aromatic heterocycles. The predicted molar refractivity (Wildman–Crippen MR) is 92.9 cm³/mol. The van der Waals surface area contributed by atoms with Crippen molar-refractivity contribution in [3.05, 3.63) is 46.7 Å². The summed E-state index contributed by atoms with van der Waals surface area (Å²) in [6.07, 6.45) is 2.80. The van der Waals surface area contributed by atoms with E-state index in [9.17, 15) is 9.59 Å². The smallest absolute Gasteiger partial charge is 0.338 e. The Labute approximate surface area is 147 Å². The monoisotopic (exact) mass is 344 g/mol. The summed E-state index contributed by atoms with van der Waals surface area (Å²) >= 11 is 0. The van der Waals surface area contributed by atoms with Gasteiger partial charge in [0.15, 0.2) is 0 Å². The van der Waals surface area contributed by atoms with Crippen molar-refractivity contribution in [2.75, 3.05) is 13.2 Å². The van der Waals surface area contributed by atoms with E-state index in [1.165, 1.54) is 5.56 Å². The highest BCUT2D eigenvalue weighted by molar-refractivity contribution is 5.95. The lowest BCUT2D eigenvalue weighted by atomic mass is 9.94. The molecule has 2 N–H and O–H groups in total. The van der Waals surface area contributed by atoms with Crippen LogP contribution in [0.3, 0.4) is 0 Å². The minimum atomic E-state index is -0.517. The van der Waals surface area contributed by atoms with Gasteiger partial charge in [-0.1, -0.05) is 31.2 Å². The summed E-state index contributed by atoms with van der Waals surface area (Å²) in [7, 11) is 0. The van der Waals surface area contributed by atoms with E-state index in [1.807, 2.05) is 24.3 Å². The average molecular weight is 344 g/mol. The molecule has 3 rings (SSSR count). The van der Waals surface area contributed by atoms with Gasteiger partial charge in [0.2, 0.25) is 0 Å². The first-order valence-corrected chi connectivity index (χ1v) is 8.74. The van der Waals surface area contributed by atoms with Gasteiger partial charge in [0.05, 0.1) is 17.7 Å². The number of carbonyl (C=O) groups excluding carboxylic acids is 2. The van der Waals surface area contributed by atoms with Gasteiger partial charge < -0.3 is 20.1 Å². The maximum absolute atomic E-state index is 12.7. The molecule has 6 nitrogen and oxygen atoms in total. The van der Waals surface area contributed by atoms with Crippen LogP contribution >= 0.6 is 0 Å². The molecule has 2 aliphatic rings. The van der Waals surface area contributed by atoms with Crippen LogP contribution in [0.4, 0.5) is 4.79 Å². The van der Waals surface area contributed by atoms with Crippen molar-refractivity contribution < 1.29 is 19.1 Å². The first-order valence-electron chi connectivity index (χ1n) is 8.74. The normalized spacial score (nSPS) is 23.2. The second-order valence-corrected chi connectivity index (χ2v) is 6.40. The Morgan fingerprint density at radius 3 is 2.72 bits per heavy atom. The van der Waals surface area contributed by atoms with Crippen LogP contribution in [-0.4, -0.2) is 31.3 Å². The number of nitrogens with one attached hydrogen (secondary N) is 2. The van der Waals surface area contributed by atoms with Gasteiger partial charge in [-0.05, 0) is 37.3 Å². The lowest BCUT2D eigenvalue weighted by Gasteiger charge is -2.28. The van der Waals surface area contributed by atoms with Crippen LogP contribution in [0.1, 0.15) is 43.9 Å². The fourth-order valence-corrected chi connectivity index (χ4v) is 3.18. The Hall–Kier alpha value is -2.34. The van der Waals surface area contributed by atoms with Crippen LogP contribution in [-0.2, 0) is 20.7 Å². The number of esters is 1. The van der Waals surface area contributed by atoms with E-state index in [2.05, 4.69) is 17.6 Å². The molecule has 0 aliphatic carbocycles. The Balaban J connectivity index is 1.79. The van der Waals surface area contributed by atoms with Crippen LogP contribution < -0.4 is 10.6 Å². The second kappa shape index (κ2) is 7.70. The molecule has 0 spiro atoms. The minimum absolute atomic E-state index is 0.0294. The molecule has 25 heavy (non-hydrogen) atoms. The third-order valence-electron chi connectivity index (χ3n) is 4.63. The van der Waals surface area contributed by atoms with Gasteiger partial charge in [-0.2, -0.15) is 0 Å². The number of allylic oxidation sites excluding steroid dienone is 1. The SMILES string of the molecule is CCc1ccc([C@H]2NC(=O)NC(C)=C2C(=O)OC[C@H]2CCCO2)cc1. The van der Waals surface area contributed by atoms with E-state index in [1.54, 1.807) is 6.92 Å². The van der Waals surface area contributed by atoms with Crippen LogP contribution in [0.25, 0.3) is 0 Å². The summed E-state index contributed by atoms with van der Waals surface area (Å²) in [5, 5.41) is 5.48. The molecular formula is C19H24N2O4. The van der Waals surface area contributed by atoms with Crippen molar-refractivity contribution >= 4 is 12.0 Å². The molecule has 1 aromatic carbocycles. The van der Waals surface area contributed by atoms with Crippen LogP contribution in [0.2, 0.25) is 0 Å². The van der Waals surface area contributed by atoms with E-state index in [0.717, 1.165) is 24.8 Å².